The second kappa shape index (κ2) is 7.33. The van der Waals surface area contributed by atoms with Crippen LogP contribution in [-0.4, -0.2) is 5.91 Å². The minimum Gasteiger partial charge on any atom is -0.320 e. The van der Waals surface area contributed by atoms with Crippen LogP contribution in [0.15, 0.2) is 48.0 Å². The Balaban J connectivity index is 2.27. The van der Waals surface area contributed by atoms with E-state index in [0.29, 0.717) is 21.3 Å². The number of nitriles is 1. The third-order valence-corrected chi connectivity index (χ3v) is 3.64. The zero-order chi connectivity index (χ0) is 16.1. The lowest BCUT2D eigenvalue weighted by atomic mass is 10.1. The average molecular weight is 352 g/mol. The summed E-state index contributed by atoms with van der Waals surface area (Å²) >= 11 is 17.8. The fourth-order valence-corrected chi connectivity index (χ4v) is 2.32. The molecule has 0 aromatic heterocycles. The van der Waals surface area contributed by atoms with Gasteiger partial charge in [-0.3, -0.25) is 4.79 Å². The molecule has 22 heavy (non-hydrogen) atoms. The number of nitrogens with zero attached hydrogens (tertiary/aromatic N) is 1. The van der Waals surface area contributed by atoms with E-state index in [2.05, 4.69) is 5.32 Å². The molecule has 0 radical (unpaired) electrons. The van der Waals surface area contributed by atoms with Gasteiger partial charge >= 0.3 is 0 Å². The minimum atomic E-state index is -0.577. The average Bonchev–Trinajstić information content (AvgIpc) is 2.49. The topological polar surface area (TPSA) is 52.9 Å². The van der Waals surface area contributed by atoms with Gasteiger partial charge in [0.05, 0.1) is 10.7 Å². The van der Waals surface area contributed by atoms with E-state index in [1.807, 2.05) is 6.07 Å². The van der Waals surface area contributed by atoms with E-state index in [4.69, 9.17) is 40.1 Å². The molecule has 0 spiro atoms. The van der Waals surface area contributed by atoms with E-state index in [-0.39, 0.29) is 10.6 Å². The van der Waals surface area contributed by atoms with Crippen molar-refractivity contribution in [2.75, 3.05) is 5.32 Å². The molecule has 6 heteroatoms. The van der Waals surface area contributed by atoms with Crippen LogP contribution in [-0.2, 0) is 4.79 Å². The van der Waals surface area contributed by atoms with E-state index in [1.54, 1.807) is 36.4 Å². The number of benzene rings is 2. The van der Waals surface area contributed by atoms with Crippen LogP contribution in [0, 0.1) is 11.3 Å². The van der Waals surface area contributed by atoms with Crippen LogP contribution in [0.25, 0.3) is 6.08 Å². The Hall–Kier alpha value is -1.99. The summed E-state index contributed by atoms with van der Waals surface area (Å²) in [7, 11) is 0. The molecule has 0 aliphatic heterocycles. The van der Waals surface area contributed by atoms with E-state index in [0.717, 1.165) is 0 Å². The van der Waals surface area contributed by atoms with Crippen molar-refractivity contribution in [2.45, 2.75) is 0 Å². The zero-order valence-electron chi connectivity index (χ0n) is 11.1. The first-order valence-corrected chi connectivity index (χ1v) is 7.27. The van der Waals surface area contributed by atoms with Gasteiger partial charge in [-0.1, -0.05) is 53.0 Å². The summed E-state index contributed by atoms with van der Waals surface area (Å²) in [5.74, 6) is -0.577. The Morgan fingerprint density at radius 1 is 1.09 bits per heavy atom. The number of halogens is 3. The third kappa shape index (κ3) is 4.02. The Labute approximate surface area is 142 Å². The van der Waals surface area contributed by atoms with Crippen molar-refractivity contribution in [3.8, 4) is 6.07 Å². The fourth-order valence-electron chi connectivity index (χ4n) is 1.68. The number of anilines is 1. The molecule has 3 nitrogen and oxygen atoms in total. The lowest BCUT2D eigenvalue weighted by molar-refractivity contribution is -0.112. The van der Waals surface area contributed by atoms with Crippen molar-refractivity contribution in [2.24, 2.45) is 0 Å². The first-order valence-electron chi connectivity index (χ1n) is 6.14. The van der Waals surface area contributed by atoms with Gasteiger partial charge in [-0.05, 0) is 35.9 Å². The van der Waals surface area contributed by atoms with E-state index in [1.165, 1.54) is 12.1 Å². The van der Waals surface area contributed by atoms with Crippen molar-refractivity contribution in [3.63, 3.8) is 0 Å². The van der Waals surface area contributed by atoms with Crippen LogP contribution in [0.3, 0.4) is 0 Å². The Bertz CT molecular complexity index is 794. The van der Waals surface area contributed by atoms with Crippen LogP contribution >= 0.6 is 34.8 Å². The van der Waals surface area contributed by atoms with Crippen LogP contribution < -0.4 is 5.32 Å². The first kappa shape index (κ1) is 16.4. The normalized spacial score (nSPS) is 10.9. The highest BCUT2D eigenvalue weighted by molar-refractivity contribution is 6.37. The largest absolute Gasteiger partial charge is 0.320 e. The molecule has 2 rings (SSSR count). The molecule has 1 amide bonds. The maximum absolute atomic E-state index is 12.2. The minimum absolute atomic E-state index is 0.0842. The Morgan fingerprint density at radius 3 is 2.45 bits per heavy atom. The second-order valence-electron chi connectivity index (χ2n) is 4.27. The van der Waals surface area contributed by atoms with Crippen molar-refractivity contribution < 1.29 is 4.79 Å². The maximum Gasteiger partial charge on any atom is 0.266 e. The zero-order valence-corrected chi connectivity index (χ0v) is 13.4. The molecule has 2 aromatic rings. The van der Waals surface area contributed by atoms with E-state index in [9.17, 15) is 4.79 Å². The van der Waals surface area contributed by atoms with Gasteiger partial charge in [0, 0.05) is 10.0 Å². The number of amides is 1. The van der Waals surface area contributed by atoms with Crippen LogP contribution in [0.1, 0.15) is 5.56 Å². The molecule has 0 saturated heterocycles. The molecule has 0 atom stereocenters. The molecule has 110 valence electrons. The summed E-state index contributed by atoms with van der Waals surface area (Å²) in [5.41, 5.74) is 0.869. The number of hydrogen-bond acceptors (Lipinski definition) is 2. The van der Waals surface area contributed by atoms with E-state index >= 15 is 0 Å². The van der Waals surface area contributed by atoms with E-state index < -0.39 is 5.91 Å². The number of rotatable bonds is 3. The van der Waals surface area contributed by atoms with Gasteiger partial charge in [0.25, 0.3) is 5.91 Å². The van der Waals surface area contributed by atoms with Gasteiger partial charge in [-0.25, -0.2) is 0 Å². The number of carbonyl (C=O) groups excluding carboxylic acids is 1. The van der Waals surface area contributed by atoms with Gasteiger partial charge in [0.15, 0.2) is 0 Å². The Kier molecular flexibility index (Phi) is 5.46. The lowest BCUT2D eigenvalue weighted by Crippen LogP contribution is -2.13. The Morgan fingerprint density at radius 2 is 1.82 bits per heavy atom. The second-order valence-corrected chi connectivity index (χ2v) is 5.52. The maximum atomic E-state index is 12.2. The predicted octanol–water partition coefficient (Wildman–Crippen LogP) is 5.19. The van der Waals surface area contributed by atoms with Gasteiger partial charge in [0.1, 0.15) is 11.6 Å². The SMILES string of the molecule is N#C/C(=C\c1ccccc1Cl)C(=O)Nc1ccc(Cl)cc1Cl. The quantitative estimate of drug-likeness (QED) is 0.611. The molecule has 0 fully saturated rings. The monoisotopic (exact) mass is 350 g/mol. The third-order valence-electron chi connectivity index (χ3n) is 2.75. The molecule has 0 heterocycles. The molecular formula is C16H9Cl3N2O. The molecule has 2 aromatic carbocycles. The summed E-state index contributed by atoms with van der Waals surface area (Å²) in [6, 6.07) is 13.4. The summed E-state index contributed by atoms with van der Waals surface area (Å²) in [4.78, 5) is 12.2. The van der Waals surface area contributed by atoms with Crippen molar-refractivity contribution in [3.05, 3.63) is 68.7 Å². The molecular weight excluding hydrogens is 343 g/mol. The summed E-state index contributed by atoms with van der Waals surface area (Å²) in [5, 5.41) is 12.9. The van der Waals surface area contributed by atoms with Crippen molar-refractivity contribution in [1.29, 1.82) is 5.26 Å². The van der Waals surface area contributed by atoms with Gasteiger partial charge < -0.3 is 5.32 Å². The van der Waals surface area contributed by atoms with Gasteiger partial charge in [0.2, 0.25) is 0 Å². The molecule has 0 saturated carbocycles. The lowest BCUT2D eigenvalue weighted by Gasteiger charge is -2.07. The van der Waals surface area contributed by atoms with Crippen molar-refractivity contribution >= 4 is 52.5 Å². The van der Waals surface area contributed by atoms with Crippen LogP contribution in [0.2, 0.25) is 15.1 Å². The molecule has 0 aliphatic carbocycles. The summed E-state index contributed by atoms with van der Waals surface area (Å²) in [6.45, 7) is 0. The summed E-state index contributed by atoms with van der Waals surface area (Å²) in [6.07, 6.45) is 1.42. The van der Waals surface area contributed by atoms with Crippen LogP contribution in [0.5, 0.6) is 0 Å². The molecule has 1 N–H and O–H groups in total. The van der Waals surface area contributed by atoms with Gasteiger partial charge in [-0.15, -0.1) is 0 Å². The van der Waals surface area contributed by atoms with Crippen molar-refractivity contribution in [1.82, 2.24) is 0 Å². The standard InChI is InChI=1S/C16H9Cl3N2O/c17-12-5-6-15(14(19)8-12)21-16(22)11(9-20)7-10-3-1-2-4-13(10)18/h1-8H,(H,21,22)/b11-7+. The highest BCUT2D eigenvalue weighted by Gasteiger charge is 2.12. The summed E-state index contributed by atoms with van der Waals surface area (Å²) < 4.78 is 0. The molecule has 0 aliphatic rings. The molecule has 0 unspecified atom stereocenters. The van der Waals surface area contributed by atoms with Crippen LogP contribution in [0.4, 0.5) is 5.69 Å². The number of hydrogen-bond donors (Lipinski definition) is 1. The number of carbonyl (C=O) groups is 1. The highest BCUT2D eigenvalue weighted by Crippen LogP contribution is 2.26. The fraction of sp³-hybridized carbons (Fsp3) is 0. The van der Waals surface area contributed by atoms with Gasteiger partial charge in [-0.2, -0.15) is 5.26 Å². The highest BCUT2D eigenvalue weighted by atomic mass is 35.5. The first-order chi connectivity index (χ1) is 10.5. The molecule has 0 bridgehead atoms. The number of nitrogens with one attached hydrogen (secondary N) is 1. The smallest absolute Gasteiger partial charge is 0.266 e. The predicted molar refractivity (Wildman–Crippen MR) is 90.1 cm³/mol.